The first-order chi connectivity index (χ1) is 17.9. The van der Waals surface area contributed by atoms with Crippen LogP contribution in [0, 0.1) is 0 Å². The van der Waals surface area contributed by atoms with Crippen LogP contribution in [0.15, 0.2) is 90.0 Å². The zero-order valence-corrected chi connectivity index (χ0v) is 21.5. The smallest absolute Gasteiger partial charge is 0.253 e. The van der Waals surface area contributed by atoms with E-state index in [1.165, 1.54) is 0 Å². The molecule has 3 aromatic carbocycles. The van der Waals surface area contributed by atoms with Gasteiger partial charge in [0, 0.05) is 55.1 Å². The quantitative estimate of drug-likeness (QED) is 0.359. The Bertz CT molecular complexity index is 1510. The molecule has 0 aliphatic carbocycles. The summed E-state index contributed by atoms with van der Waals surface area (Å²) in [5.74, 6) is 0.643. The summed E-state index contributed by atoms with van der Waals surface area (Å²) in [7, 11) is -3.61. The predicted molar refractivity (Wildman–Crippen MR) is 145 cm³/mol. The van der Waals surface area contributed by atoms with Crippen molar-refractivity contribution >= 4 is 32.3 Å². The van der Waals surface area contributed by atoms with E-state index in [4.69, 9.17) is 4.74 Å². The van der Waals surface area contributed by atoms with Crippen LogP contribution in [-0.2, 0) is 15.6 Å². The second-order valence-electron chi connectivity index (χ2n) is 9.00. The van der Waals surface area contributed by atoms with Gasteiger partial charge in [-0.15, -0.1) is 0 Å². The Balaban J connectivity index is 1.23. The van der Waals surface area contributed by atoms with Gasteiger partial charge in [-0.05, 0) is 48.9 Å². The lowest BCUT2D eigenvalue weighted by atomic mass is 10.1. The number of anilines is 1. The van der Waals surface area contributed by atoms with Crippen LogP contribution in [0.3, 0.4) is 0 Å². The van der Waals surface area contributed by atoms with E-state index < -0.39 is 9.84 Å². The predicted octanol–water partition coefficient (Wildman–Crippen LogP) is 4.57. The second kappa shape index (κ2) is 10.6. The van der Waals surface area contributed by atoms with Gasteiger partial charge in [-0.25, -0.2) is 8.42 Å². The third-order valence-electron chi connectivity index (χ3n) is 6.55. The Morgan fingerprint density at radius 2 is 1.65 bits per heavy atom. The molecule has 2 heterocycles. The molecule has 4 aromatic rings. The molecule has 0 N–H and O–H groups in total. The van der Waals surface area contributed by atoms with Crippen molar-refractivity contribution in [3.63, 3.8) is 0 Å². The number of sulfone groups is 1. The van der Waals surface area contributed by atoms with Crippen molar-refractivity contribution in [1.29, 1.82) is 0 Å². The fourth-order valence-corrected chi connectivity index (χ4v) is 6.19. The van der Waals surface area contributed by atoms with Crippen molar-refractivity contribution in [3.05, 3.63) is 96.2 Å². The van der Waals surface area contributed by atoms with Crippen molar-refractivity contribution in [1.82, 2.24) is 9.88 Å². The Kier molecular flexibility index (Phi) is 7.10. The number of ether oxygens (including phenoxy) is 1. The van der Waals surface area contributed by atoms with Crippen molar-refractivity contribution in [3.8, 4) is 5.75 Å². The van der Waals surface area contributed by atoms with Gasteiger partial charge in [-0.1, -0.05) is 36.4 Å². The topological polar surface area (TPSA) is 79.8 Å². The van der Waals surface area contributed by atoms with Crippen molar-refractivity contribution in [2.75, 3.05) is 37.7 Å². The van der Waals surface area contributed by atoms with Crippen LogP contribution in [0.4, 0.5) is 5.69 Å². The zero-order valence-electron chi connectivity index (χ0n) is 20.7. The monoisotopic (exact) mass is 515 g/mol. The van der Waals surface area contributed by atoms with Gasteiger partial charge < -0.3 is 14.5 Å². The number of hydrogen-bond acceptors (Lipinski definition) is 6. The molecule has 7 nitrogen and oxygen atoms in total. The molecule has 1 fully saturated rings. The van der Waals surface area contributed by atoms with Crippen LogP contribution < -0.4 is 9.64 Å². The van der Waals surface area contributed by atoms with Crippen LogP contribution in [0.2, 0.25) is 0 Å². The van der Waals surface area contributed by atoms with Gasteiger partial charge in [0.05, 0.1) is 22.8 Å². The molecule has 0 unspecified atom stereocenters. The standard InChI is InChI=1S/C29H29N3O4S/c1-2-36-26-9-4-8-25(20-26)31-16-18-32(19-17-31)29(33)24-13-11-22(12-14-24)21-37(34,35)27-10-3-6-23-7-5-15-30-28(23)27/h3-15,20H,2,16-19,21H2,1H3. The lowest BCUT2D eigenvalue weighted by Gasteiger charge is -2.36. The number of piperazine rings is 1. The number of aromatic nitrogens is 1. The number of pyridine rings is 1. The van der Waals surface area contributed by atoms with Gasteiger partial charge in [0.1, 0.15) is 5.75 Å². The number of hydrogen-bond donors (Lipinski definition) is 0. The molecule has 1 aliphatic heterocycles. The van der Waals surface area contributed by atoms with Crippen molar-refractivity contribution < 1.29 is 17.9 Å². The summed E-state index contributed by atoms with van der Waals surface area (Å²) in [4.78, 5) is 21.7. The summed E-state index contributed by atoms with van der Waals surface area (Å²) in [6.45, 7) is 5.28. The molecule has 0 bridgehead atoms. The Hall–Kier alpha value is -3.91. The van der Waals surface area contributed by atoms with Crippen LogP contribution in [0.25, 0.3) is 10.9 Å². The average molecular weight is 516 g/mol. The lowest BCUT2D eigenvalue weighted by Crippen LogP contribution is -2.48. The van der Waals surface area contributed by atoms with Crippen LogP contribution in [0.5, 0.6) is 5.75 Å². The first-order valence-electron chi connectivity index (χ1n) is 12.4. The number of para-hydroxylation sites is 1. The van der Waals surface area contributed by atoms with Gasteiger partial charge in [-0.3, -0.25) is 9.78 Å². The highest BCUT2D eigenvalue weighted by Crippen LogP contribution is 2.25. The third kappa shape index (κ3) is 5.44. The molecule has 1 aromatic heterocycles. The molecule has 1 aliphatic rings. The maximum atomic E-state index is 13.2. The van der Waals surface area contributed by atoms with Gasteiger partial charge in [0.25, 0.3) is 5.91 Å². The molecule has 37 heavy (non-hydrogen) atoms. The van der Waals surface area contributed by atoms with Gasteiger partial charge in [0.2, 0.25) is 0 Å². The lowest BCUT2D eigenvalue weighted by molar-refractivity contribution is 0.0746. The summed E-state index contributed by atoms with van der Waals surface area (Å²) in [6, 6.07) is 23.7. The Morgan fingerprint density at radius 1 is 0.919 bits per heavy atom. The van der Waals surface area contributed by atoms with Crippen LogP contribution >= 0.6 is 0 Å². The molecule has 1 saturated heterocycles. The van der Waals surface area contributed by atoms with Gasteiger partial charge >= 0.3 is 0 Å². The molecule has 0 saturated carbocycles. The van der Waals surface area contributed by atoms with E-state index in [9.17, 15) is 13.2 Å². The number of nitrogens with zero attached hydrogens (tertiary/aromatic N) is 3. The SMILES string of the molecule is CCOc1cccc(N2CCN(C(=O)c3ccc(CS(=O)(=O)c4cccc5cccnc45)cc3)CC2)c1. The number of rotatable bonds is 7. The minimum atomic E-state index is -3.61. The fraction of sp³-hybridized carbons (Fsp3) is 0.241. The number of carbonyl (C=O) groups is 1. The van der Waals surface area contributed by atoms with Crippen molar-refractivity contribution in [2.45, 2.75) is 17.6 Å². The summed E-state index contributed by atoms with van der Waals surface area (Å²) >= 11 is 0. The number of benzene rings is 3. The fourth-order valence-electron chi connectivity index (χ4n) is 4.65. The van der Waals surface area contributed by atoms with E-state index >= 15 is 0 Å². The minimum absolute atomic E-state index is 0.0459. The van der Waals surface area contributed by atoms with Crippen molar-refractivity contribution in [2.24, 2.45) is 0 Å². The van der Waals surface area contributed by atoms with E-state index in [-0.39, 0.29) is 16.6 Å². The minimum Gasteiger partial charge on any atom is -0.494 e. The van der Waals surface area contributed by atoms with E-state index in [1.54, 1.807) is 48.7 Å². The maximum absolute atomic E-state index is 13.2. The molecule has 8 heteroatoms. The maximum Gasteiger partial charge on any atom is 0.253 e. The van der Waals surface area contributed by atoms with E-state index in [0.717, 1.165) is 29.9 Å². The number of fused-ring (bicyclic) bond motifs is 1. The van der Waals surface area contributed by atoms with E-state index in [1.807, 2.05) is 42.2 Å². The zero-order chi connectivity index (χ0) is 25.8. The molecular formula is C29H29N3O4S. The largest absolute Gasteiger partial charge is 0.494 e. The molecule has 0 atom stereocenters. The summed E-state index contributed by atoms with van der Waals surface area (Å²) in [5.41, 5.74) is 2.74. The van der Waals surface area contributed by atoms with E-state index in [2.05, 4.69) is 16.0 Å². The average Bonchev–Trinajstić information content (AvgIpc) is 2.93. The highest BCUT2D eigenvalue weighted by Gasteiger charge is 2.23. The van der Waals surface area contributed by atoms with Gasteiger partial charge in [0.15, 0.2) is 9.84 Å². The molecule has 190 valence electrons. The van der Waals surface area contributed by atoms with Crippen LogP contribution in [0.1, 0.15) is 22.8 Å². The first kappa shape index (κ1) is 24.8. The molecule has 0 radical (unpaired) electrons. The normalized spacial score (nSPS) is 14.1. The molecular weight excluding hydrogens is 486 g/mol. The molecule has 5 rings (SSSR count). The molecule has 1 amide bonds. The number of carbonyl (C=O) groups excluding carboxylic acids is 1. The third-order valence-corrected chi connectivity index (χ3v) is 8.26. The Morgan fingerprint density at radius 3 is 2.41 bits per heavy atom. The second-order valence-corrected chi connectivity index (χ2v) is 11.0. The molecule has 0 spiro atoms. The Labute approximate surface area is 217 Å². The summed E-state index contributed by atoms with van der Waals surface area (Å²) < 4.78 is 31.9. The summed E-state index contributed by atoms with van der Waals surface area (Å²) in [5, 5.41) is 0.784. The van der Waals surface area contributed by atoms with E-state index in [0.29, 0.717) is 36.3 Å². The number of amides is 1. The highest BCUT2D eigenvalue weighted by molar-refractivity contribution is 7.90. The van der Waals surface area contributed by atoms with Gasteiger partial charge in [-0.2, -0.15) is 0 Å². The van der Waals surface area contributed by atoms with Crippen LogP contribution in [-0.4, -0.2) is 57.0 Å². The summed E-state index contributed by atoms with van der Waals surface area (Å²) in [6.07, 6.45) is 1.60. The highest BCUT2D eigenvalue weighted by atomic mass is 32.2. The first-order valence-corrected chi connectivity index (χ1v) is 14.0.